The molecule has 0 aliphatic carbocycles. The van der Waals surface area contributed by atoms with Crippen LogP contribution in [0.2, 0.25) is 0 Å². The first-order valence-corrected chi connectivity index (χ1v) is 10.4. The van der Waals surface area contributed by atoms with Crippen LogP contribution in [0.4, 0.5) is 9.18 Å². The summed E-state index contributed by atoms with van der Waals surface area (Å²) in [5, 5.41) is 0.935. The molecule has 1 aromatic heterocycles. The molecule has 4 nitrogen and oxygen atoms in total. The average molecular weight is 375 g/mol. The predicted molar refractivity (Wildman–Crippen MR) is 106 cm³/mol. The van der Waals surface area contributed by atoms with Crippen LogP contribution in [0, 0.1) is 5.82 Å². The molecule has 1 aliphatic rings. The molecular formula is C22H31FN2O2. The summed E-state index contributed by atoms with van der Waals surface area (Å²) >= 11 is 0. The van der Waals surface area contributed by atoms with Crippen molar-refractivity contribution in [2.75, 3.05) is 13.2 Å². The molecule has 1 aromatic carbocycles. The van der Waals surface area contributed by atoms with Crippen LogP contribution in [0.1, 0.15) is 63.6 Å². The lowest BCUT2D eigenvalue weighted by Crippen LogP contribution is -2.36. The maximum absolute atomic E-state index is 13.9. The second-order valence-corrected chi connectivity index (χ2v) is 7.38. The third kappa shape index (κ3) is 4.45. The zero-order valence-electron chi connectivity index (χ0n) is 16.6. The van der Waals surface area contributed by atoms with E-state index >= 15 is 0 Å². The summed E-state index contributed by atoms with van der Waals surface area (Å²) in [5.74, 6) is -0.227. The fourth-order valence-corrected chi connectivity index (χ4v) is 4.10. The lowest BCUT2D eigenvalue weighted by Gasteiger charge is -2.27. The largest absolute Gasteiger partial charge is 0.450 e. The number of rotatable bonds is 8. The van der Waals surface area contributed by atoms with Gasteiger partial charge in [-0.15, -0.1) is 0 Å². The number of carbonyl (C=O) groups is 1. The molecule has 148 valence electrons. The number of nitrogens with zero attached hydrogens (tertiary/aromatic N) is 2. The van der Waals surface area contributed by atoms with Crippen molar-refractivity contribution < 1.29 is 13.9 Å². The van der Waals surface area contributed by atoms with E-state index in [9.17, 15) is 9.18 Å². The molecule has 3 rings (SSSR count). The molecule has 2 heterocycles. The van der Waals surface area contributed by atoms with Gasteiger partial charge in [0.05, 0.1) is 13.2 Å². The van der Waals surface area contributed by atoms with Crippen molar-refractivity contribution in [1.82, 2.24) is 9.47 Å². The van der Waals surface area contributed by atoms with E-state index in [1.165, 1.54) is 43.9 Å². The molecule has 27 heavy (non-hydrogen) atoms. The molecule has 1 aliphatic heterocycles. The highest BCUT2D eigenvalue weighted by atomic mass is 19.1. The van der Waals surface area contributed by atoms with Crippen molar-refractivity contribution in [3.8, 4) is 0 Å². The smallest absolute Gasteiger partial charge is 0.410 e. The molecule has 0 unspecified atom stereocenters. The van der Waals surface area contributed by atoms with E-state index in [0.29, 0.717) is 19.7 Å². The molecule has 0 atom stereocenters. The minimum Gasteiger partial charge on any atom is -0.450 e. The SMILES string of the molecule is CCCCCCCCn1c2c(c3cc(F)ccc31)CN(C(=O)OCC)CC2. The molecule has 0 saturated carbocycles. The fraction of sp³-hybridized carbons (Fsp3) is 0.591. The van der Waals surface area contributed by atoms with E-state index < -0.39 is 0 Å². The number of aryl methyl sites for hydroxylation is 1. The number of unbranched alkanes of at least 4 members (excludes halogenated alkanes) is 5. The molecule has 0 radical (unpaired) electrons. The van der Waals surface area contributed by atoms with Gasteiger partial charge in [0.1, 0.15) is 5.82 Å². The zero-order valence-corrected chi connectivity index (χ0v) is 16.6. The second-order valence-electron chi connectivity index (χ2n) is 7.38. The number of halogens is 1. The van der Waals surface area contributed by atoms with Crippen molar-refractivity contribution in [2.45, 2.75) is 71.9 Å². The Morgan fingerprint density at radius 2 is 1.93 bits per heavy atom. The van der Waals surface area contributed by atoms with E-state index in [4.69, 9.17) is 4.74 Å². The van der Waals surface area contributed by atoms with Gasteiger partial charge in [-0.25, -0.2) is 9.18 Å². The van der Waals surface area contributed by atoms with Crippen molar-refractivity contribution in [1.29, 1.82) is 0 Å². The standard InChI is InChI=1S/C22H31FN2O2/c1-3-5-6-7-8-9-13-25-20-11-10-17(23)15-18(20)19-16-24(14-12-21(19)25)22(26)27-4-2/h10-11,15H,3-9,12-14,16H2,1-2H3. The van der Waals surface area contributed by atoms with Gasteiger partial charge in [-0.2, -0.15) is 0 Å². The first-order chi connectivity index (χ1) is 13.2. The van der Waals surface area contributed by atoms with E-state index in [1.54, 1.807) is 11.0 Å². The fourth-order valence-electron chi connectivity index (χ4n) is 4.10. The molecule has 0 saturated heterocycles. The lowest BCUT2D eigenvalue weighted by molar-refractivity contribution is 0.102. The first-order valence-electron chi connectivity index (χ1n) is 10.4. The van der Waals surface area contributed by atoms with Gasteiger partial charge in [0.15, 0.2) is 0 Å². The van der Waals surface area contributed by atoms with Crippen LogP contribution < -0.4 is 0 Å². The lowest BCUT2D eigenvalue weighted by atomic mass is 10.0. The summed E-state index contributed by atoms with van der Waals surface area (Å²) in [6.07, 6.45) is 8.03. The summed E-state index contributed by atoms with van der Waals surface area (Å²) in [7, 11) is 0. The van der Waals surface area contributed by atoms with Crippen LogP contribution in [0.25, 0.3) is 10.9 Å². The normalized spacial score (nSPS) is 13.8. The summed E-state index contributed by atoms with van der Waals surface area (Å²) in [6.45, 7) is 6.53. The topological polar surface area (TPSA) is 34.5 Å². The van der Waals surface area contributed by atoms with Crippen LogP contribution >= 0.6 is 0 Å². The van der Waals surface area contributed by atoms with Gasteiger partial charge >= 0.3 is 6.09 Å². The summed E-state index contributed by atoms with van der Waals surface area (Å²) in [4.78, 5) is 13.9. The van der Waals surface area contributed by atoms with Crippen molar-refractivity contribution in [2.24, 2.45) is 0 Å². The van der Waals surface area contributed by atoms with Crippen LogP contribution in [0.15, 0.2) is 18.2 Å². The number of carbonyl (C=O) groups excluding carboxylic acids is 1. The Kier molecular flexibility index (Phi) is 6.75. The van der Waals surface area contributed by atoms with Crippen LogP contribution in [0.5, 0.6) is 0 Å². The van der Waals surface area contributed by atoms with Gasteiger partial charge in [-0.1, -0.05) is 39.0 Å². The van der Waals surface area contributed by atoms with E-state index in [-0.39, 0.29) is 11.9 Å². The molecule has 5 heteroatoms. The molecule has 2 aromatic rings. The molecule has 0 N–H and O–H groups in total. The van der Waals surface area contributed by atoms with Gasteiger partial charge in [-0.05, 0) is 31.5 Å². The van der Waals surface area contributed by atoms with Crippen LogP contribution in [-0.2, 0) is 24.2 Å². The molecule has 1 amide bonds. The number of ether oxygens (including phenoxy) is 1. The monoisotopic (exact) mass is 374 g/mol. The number of benzene rings is 1. The summed E-state index contributed by atoms with van der Waals surface area (Å²) < 4.78 is 21.4. The minimum atomic E-state index is -0.281. The van der Waals surface area contributed by atoms with Crippen LogP contribution in [0.3, 0.4) is 0 Å². The van der Waals surface area contributed by atoms with Gasteiger partial charge in [-0.3, -0.25) is 0 Å². The highest BCUT2D eigenvalue weighted by molar-refractivity contribution is 5.86. The van der Waals surface area contributed by atoms with Crippen molar-refractivity contribution >= 4 is 17.0 Å². The van der Waals surface area contributed by atoms with Gasteiger partial charge in [0, 0.05) is 41.7 Å². The quantitative estimate of drug-likeness (QED) is 0.559. The van der Waals surface area contributed by atoms with Gasteiger partial charge < -0.3 is 14.2 Å². The van der Waals surface area contributed by atoms with E-state index in [2.05, 4.69) is 11.5 Å². The average Bonchev–Trinajstić information content (AvgIpc) is 2.97. The third-order valence-electron chi connectivity index (χ3n) is 5.48. The Bertz CT molecular complexity index is 784. The maximum Gasteiger partial charge on any atom is 0.410 e. The van der Waals surface area contributed by atoms with E-state index in [1.807, 2.05) is 13.0 Å². The third-order valence-corrected chi connectivity index (χ3v) is 5.48. The Morgan fingerprint density at radius 1 is 1.15 bits per heavy atom. The Labute approximate surface area is 161 Å². The maximum atomic E-state index is 13.9. The molecular weight excluding hydrogens is 343 g/mol. The molecule has 0 spiro atoms. The van der Waals surface area contributed by atoms with Crippen LogP contribution in [-0.4, -0.2) is 28.7 Å². The number of hydrogen-bond donors (Lipinski definition) is 0. The Balaban J connectivity index is 1.80. The second kappa shape index (κ2) is 9.25. The molecule has 0 bridgehead atoms. The van der Waals surface area contributed by atoms with Gasteiger partial charge in [0.2, 0.25) is 0 Å². The van der Waals surface area contributed by atoms with E-state index in [0.717, 1.165) is 35.9 Å². The Hall–Kier alpha value is -2.04. The minimum absolute atomic E-state index is 0.227. The summed E-state index contributed by atoms with van der Waals surface area (Å²) in [5.41, 5.74) is 3.42. The van der Waals surface area contributed by atoms with Crippen molar-refractivity contribution in [3.05, 3.63) is 35.3 Å². The number of amides is 1. The molecule has 0 fully saturated rings. The highest BCUT2D eigenvalue weighted by Crippen LogP contribution is 2.32. The van der Waals surface area contributed by atoms with Gasteiger partial charge in [0.25, 0.3) is 0 Å². The number of hydrogen-bond acceptors (Lipinski definition) is 2. The predicted octanol–water partition coefficient (Wildman–Crippen LogP) is 5.66. The summed E-state index contributed by atoms with van der Waals surface area (Å²) in [6, 6.07) is 5.03. The number of fused-ring (bicyclic) bond motifs is 3. The Morgan fingerprint density at radius 3 is 2.70 bits per heavy atom. The zero-order chi connectivity index (χ0) is 19.2. The highest BCUT2D eigenvalue weighted by Gasteiger charge is 2.27. The number of aromatic nitrogens is 1. The van der Waals surface area contributed by atoms with Crippen molar-refractivity contribution in [3.63, 3.8) is 0 Å². The first kappa shape index (κ1) is 19.7.